The topological polar surface area (TPSA) is 56.7 Å². The van der Waals surface area contributed by atoms with Gasteiger partial charge in [0.1, 0.15) is 11.6 Å². The number of nitrogens with two attached hydrogens (primary N) is 1. The third-order valence-corrected chi connectivity index (χ3v) is 5.44. The van der Waals surface area contributed by atoms with Crippen LogP contribution in [0.25, 0.3) is 0 Å². The van der Waals surface area contributed by atoms with E-state index < -0.39 is 0 Å². The minimum Gasteiger partial charge on any atom is -0.398 e. The van der Waals surface area contributed by atoms with Crippen LogP contribution in [0.3, 0.4) is 0 Å². The minimum atomic E-state index is -0.313. The number of benzene rings is 1. The molecule has 7 heteroatoms. The summed E-state index contributed by atoms with van der Waals surface area (Å²) >= 11 is 4.55. The highest BCUT2D eigenvalue weighted by atomic mass is 79.9. The van der Waals surface area contributed by atoms with Crippen LogP contribution in [0.2, 0.25) is 0 Å². The zero-order valence-electron chi connectivity index (χ0n) is 11.2. The molecular formula is C14H14BrFN4S. The summed E-state index contributed by atoms with van der Waals surface area (Å²) in [5.41, 5.74) is 6.53. The van der Waals surface area contributed by atoms with Crippen LogP contribution < -0.4 is 5.73 Å². The normalized spacial score (nSPS) is 18.2. The van der Waals surface area contributed by atoms with Crippen LogP contribution in [-0.2, 0) is 0 Å². The molecule has 0 aliphatic heterocycles. The quantitative estimate of drug-likeness (QED) is 0.824. The Balaban J connectivity index is 1.70. The van der Waals surface area contributed by atoms with Gasteiger partial charge in [0.05, 0.1) is 4.47 Å². The summed E-state index contributed by atoms with van der Waals surface area (Å²) in [5.74, 6) is 1.34. The molecule has 0 spiro atoms. The lowest BCUT2D eigenvalue weighted by Gasteiger charge is -2.10. The number of nitrogens with zero attached hydrogens (tertiary/aromatic N) is 3. The summed E-state index contributed by atoms with van der Waals surface area (Å²) in [6.07, 6.45) is 4.75. The highest BCUT2D eigenvalue weighted by molar-refractivity contribution is 9.10. The van der Waals surface area contributed by atoms with Crippen molar-refractivity contribution in [2.24, 2.45) is 0 Å². The molecule has 2 saturated carbocycles. The van der Waals surface area contributed by atoms with Crippen molar-refractivity contribution in [3.05, 3.63) is 28.2 Å². The summed E-state index contributed by atoms with van der Waals surface area (Å²) in [6.45, 7) is 0. The van der Waals surface area contributed by atoms with Crippen LogP contribution in [0, 0.1) is 5.82 Å². The Kier molecular flexibility index (Phi) is 3.22. The van der Waals surface area contributed by atoms with Crippen LogP contribution in [0.15, 0.2) is 26.7 Å². The Morgan fingerprint density at radius 1 is 1.24 bits per heavy atom. The highest BCUT2D eigenvalue weighted by Gasteiger charge is 2.36. The number of nitrogen functional groups attached to an aromatic ring is 1. The molecule has 0 saturated heterocycles. The van der Waals surface area contributed by atoms with Crippen LogP contribution >= 0.6 is 27.7 Å². The first-order valence-corrected chi connectivity index (χ1v) is 8.61. The largest absolute Gasteiger partial charge is 0.398 e. The molecule has 0 unspecified atom stereocenters. The van der Waals surface area contributed by atoms with Gasteiger partial charge < -0.3 is 10.3 Å². The van der Waals surface area contributed by atoms with Crippen molar-refractivity contribution in [2.45, 2.75) is 47.7 Å². The lowest BCUT2D eigenvalue weighted by Crippen LogP contribution is -2.02. The van der Waals surface area contributed by atoms with Crippen molar-refractivity contribution >= 4 is 33.4 Å². The first kappa shape index (κ1) is 13.6. The van der Waals surface area contributed by atoms with Gasteiger partial charge in [0.15, 0.2) is 5.16 Å². The van der Waals surface area contributed by atoms with E-state index in [1.165, 1.54) is 43.5 Å². The fraction of sp³-hybridized carbons (Fsp3) is 0.429. The molecule has 2 fully saturated rings. The predicted molar refractivity (Wildman–Crippen MR) is 82.9 cm³/mol. The van der Waals surface area contributed by atoms with E-state index in [4.69, 9.17) is 5.73 Å². The number of anilines is 1. The molecule has 110 valence electrons. The molecule has 4 nitrogen and oxygen atoms in total. The maximum Gasteiger partial charge on any atom is 0.196 e. The second-order valence-corrected chi connectivity index (χ2v) is 7.49. The van der Waals surface area contributed by atoms with E-state index in [0.717, 1.165) is 11.0 Å². The molecule has 21 heavy (non-hydrogen) atoms. The van der Waals surface area contributed by atoms with Crippen molar-refractivity contribution in [2.75, 3.05) is 5.73 Å². The van der Waals surface area contributed by atoms with Gasteiger partial charge in [0, 0.05) is 22.5 Å². The van der Waals surface area contributed by atoms with Crippen molar-refractivity contribution in [1.29, 1.82) is 0 Å². The van der Waals surface area contributed by atoms with E-state index >= 15 is 0 Å². The average Bonchev–Trinajstić information content (AvgIpc) is 3.35. The van der Waals surface area contributed by atoms with E-state index in [1.54, 1.807) is 6.07 Å². The van der Waals surface area contributed by atoms with E-state index in [1.807, 2.05) is 0 Å². The molecule has 4 rings (SSSR count). The molecule has 2 aromatic rings. The Labute approximate surface area is 134 Å². The second-order valence-electron chi connectivity index (χ2n) is 5.62. The Bertz CT molecular complexity index is 709. The zero-order valence-corrected chi connectivity index (χ0v) is 13.6. The molecule has 1 heterocycles. The van der Waals surface area contributed by atoms with Gasteiger partial charge in [-0.1, -0.05) is 0 Å². The maximum absolute atomic E-state index is 13.7. The molecule has 0 atom stereocenters. The smallest absolute Gasteiger partial charge is 0.196 e. The molecule has 2 aliphatic rings. The Morgan fingerprint density at radius 3 is 2.67 bits per heavy atom. The summed E-state index contributed by atoms with van der Waals surface area (Å²) in [5, 5.41) is 9.49. The molecular weight excluding hydrogens is 355 g/mol. The van der Waals surface area contributed by atoms with Crippen molar-refractivity contribution in [1.82, 2.24) is 14.8 Å². The van der Waals surface area contributed by atoms with E-state index in [2.05, 4.69) is 30.7 Å². The standard InChI is InChI=1S/C14H14BrFN4S/c15-9-5-11(17)12(6-10(9)16)21-14-19-18-13(7-1-2-7)20(14)8-3-4-8/h5-8H,1-4,17H2. The third kappa shape index (κ3) is 2.57. The molecule has 0 bridgehead atoms. The van der Waals surface area contributed by atoms with Crippen LogP contribution in [-0.4, -0.2) is 14.8 Å². The van der Waals surface area contributed by atoms with Crippen molar-refractivity contribution < 1.29 is 4.39 Å². The summed E-state index contributed by atoms with van der Waals surface area (Å²) in [6, 6.07) is 3.56. The van der Waals surface area contributed by atoms with Gasteiger partial charge in [0.2, 0.25) is 0 Å². The number of rotatable bonds is 4. The zero-order chi connectivity index (χ0) is 14.6. The van der Waals surface area contributed by atoms with E-state index in [-0.39, 0.29) is 5.82 Å². The van der Waals surface area contributed by atoms with Gasteiger partial charge in [-0.05, 0) is 65.5 Å². The molecule has 0 radical (unpaired) electrons. The lowest BCUT2D eigenvalue weighted by molar-refractivity contribution is 0.616. The Morgan fingerprint density at radius 2 is 2.00 bits per heavy atom. The van der Waals surface area contributed by atoms with Gasteiger partial charge in [-0.2, -0.15) is 0 Å². The van der Waals surface area contributed by atoms with Crippen LogP contribution in [0.4, 0.5) is 10.1 Å². The fourth-order valence-corrected chi connectivity index (χ4v) is 3.70. The first-order chi connectivity index (χ1) is 10.1. The number of aromatic nitrogens is 3. The van der Waals surface area contributed by atoms with Gasteiger partial charge in [0.25, 0.3) is 0 Å². The second kappa shape index (κ2) is 4.98. The Hall–Kier alpha value is -1.08. The molecule has 2 aliphatic carbocycles. The van der Waals surface area contributed by atoms with E-state index in [9.17, 15) is 4.39 Å². The minimum absolute atomic E-state index is 0.313. The summed E-state index contributed by atoms with van der Waals surface area (Å²) < 4.78 is 16.3. The molecule has 1 aromatic carbocycles. The van der Waals surface area contributed by atoms with Crippen molar-refractivity contribution in [3.8, 4) is 0 Å². The highest BCUT2D eigenvalue weighted by Crippen LogP contribution is 2.47. The van der Waals surface area contributed by atoms with Gasteiger partial charge >= 0.3 is 0 Å². The monoisotopic (exact) mass is 368 g/mol. The lowest BCUT2D eigenvalue weighted by atomic mass is 10.3. The van der Waals surface area contributed by atoms with E-state index in [0.29, 0.717) is 27.0 Å². The van der Waals surface area contributed by atoms with Gasteiger partial charge in [-0.3, -0.25) is 0 Å². The van der Waals surface area contributed by atoms with Crippen LogP contribution in [0.5, 0.6) is 0 Å². The summed E-state index contributed by atoms with van der Waals surface area (Å²) in [4.78, 5) is 0.687. The maximum atomic E-state index is 13.7. The predicted octanol–water partition coefficient (Wildman–Crippen LogP) is 4.13. The number of hydrogen-bond donors (Lipinski definition) is 1. The molecule has 2 N–H and O–H groups in total. The number of halogens is 2. The third-order valence-electron chi connectivity index (χ3n) is 3.80. The number of hydrogen-bond acceptors (Lipinski definition) is 4. The first-order valence-electron chi connectivity index (χ1n) is 7.00. The van der Waals surface area contributed by atoms with Crippen molar-refractivity contribution in [3.63, 3.8) is 0 Å². The average molecular weight is 369 g/mol. The van der Waals surface area contributed by atoms with Crippen LogP contribution in [0.1, 0.15) is 43.5 Å². The summed E-state index contributed by atoms with van der Waals surface area (Å²) in [7, 11) is 0. The fourth-order valence-electron chi connectivity index (χ4n) is 2.38. The molecule has 1 aromatic heterocycles. The molecule has 0 amide bonds. The SMILES string of the molecule is Nc1cc(Br)c(F)cc1Sc1nnc(C2CC2)n1C1CC1. The van der Waals surface area contributed by atoms with Gasteiger partial charge in [-0.25, -0.2) is 4.39 Å². The van der Waals surface area contributed by atoms with Gasteiger partial charge in [-0.15, -0.1) is 10.2 Å².